The van der Waals surface area contributed by atoms with Gasteiger partial charge in [0, 0.05) is 6.54 Å². The Hall–Kier alpha value is -1.02. The normalized spacial score (nSPS) is 22.5. The summed E-state index contributed by atoms with van der Waals surface area (Å²) < 4.78 is 5.62. The SMILES string of the molecule is CCCOc1cccc(CNCC2CC2C)c1. The number of hydrogen-bond acceptors (Lipinski definition) is 2. The number of rotatable bonds is 7. The average Bonchev–Trinajstić information content (AvgIpc) is 3.03. The van der Waals surface area contributed by atoms with Crippen LogP contribution < -0.4 is 10.1 Å². The predicted molar refractivity (Wildman–Crippen MR) is 71.2 cm³/mol. The van der Waals surface area contributed by atoms with E-state index >= 15 is 0 Å². The van der Waals surface area contributed by atoms with Crippen LogP contribution in [0.5, 0.6) is 5.75 Å². The average molecular weight is 233 g/mol. The fourth-order valence-electron chi connectivity index (χ4n) is 2.05. The first-order valence-corrected chi connectivity index (χ1v) is 6.72. The number of nitrogens with one attached hydrogen (secondary N) is 1. The Morgan fingerprint density at radius 3 is 2.94 bits per heavy atom. The first-order valence-electron chi connectivity index (χ1n) is 6.72. The number of ether oxygens (including phenoxy) is 1. The molecule has 1 aromatic rings. The van der Waals surface area contributed by atoms with Crippen LogP contribution in [-0.2, 0) is 6.54 Å². The van der Waals surface area contributed by atoms with Crippen LogP contribution in [0.15, 0.2) is 24.3 Å². The highest BCUT2D eigenvalue weighted by molar-refractivity contribution is 5.28. The molecule has 0 aliphatic heterocycles. The fraction of sp³-hybridized carbons (Fsp3) is 0.600. The fourth-order valence-corrected chi connectivity index (χ4v) is 2.05. The minimum absolute atomic E-state index is 0.802. The quantitative estimate of drug-likeness (QED) is 0.780. The molecule has 1 N–H and O–H groups in total. The van der Waals surface area contributed by atoms with Gasteiger partial charge in [-0.25, -0.2) is 0 Å². The van der Waals surface area contributed by atoms with Crippen molar-refractivity contribution in [1.82, 2.24) is 5.32 Å². The Kier molecular flexibility index (Phi) is 4.43. The Balaban J connectivity index is 1.75. The molecule has 94 valence electrons. The lowest BCUT2D eigenvalue weighted by Crippen LogP contribution is -2.16. The summed E-state index contributed by atoms with van der Waals surface area (Å²) in [6, 6.07) is 8.39. The molecule has 17 heavy (non-hydrogen) atoms. The van der Waals surface area contributed by atoms with Crippen LogP contribution in [0.1, 0.15) is 32.3 Å². The standard InChI is InChI=1S/C15H23NO/c1-3-7-17-15-6-4-5-13(9-15)10-16-11-14-8-12(14)2/h4-6,9,12,14,16H,3,7-8,10-11H2,1-2H3. The van der Waals surface area contributed by atoms with Gasteiger partial charge in [0.2, 0.25) is 0 Å². The van der Waals surface area contributed by atoms with Gasteiger partial charge in [0.15, 0.2) is 0 Å². The van der Waals surface area contributed by atoms with Crippen molar-refractivity contribution >= 4 is 0 Å². The van der Waals surface area contributed by atoms with Gasteiger partial charge < -0.3 is 10.1 Å². The molecule has 0 heterocycles. The third-order valence-electron chi connectivity index (χ3n) is 3.38. The third-order valence-corrected chi connectivity index (χ3v) is 3.38. The smallest absolute Gasteiger partial charge is 0.119 e. The summed E-state index contributed by atoms with van der Waals surface area (Å²) in [7, 11) is 0. The maximum absolute atomic E-state index is 5.62. The van der Waals surface area contributed by atoms with Crippen molar-refractivity contribution in [3.63, 3.8) is 0 Å². The summed E-state index contributed by atoms with van der Waals surface area (Å²) in [5.74, 6) is 2.84. The second kappa shape index (κ2) is 6.06. The molecular weight excluding hydrogens is 210 g/mol. The van der Waals surface area contributed by atoms with E-state index in [1.54, 1.807) is 0 Å². The summed E-state index contributed by atoms with van der Waals surface area (Å²) in [5, 5.41) is 3.52. The Morgan fingerprint density at radius 1 is 1.41 bits per heavy atom. The highest BCUT2D eigenvalue weighted by Crippen LogP contribution is 2.36. The molecule has 2 nitrogen and oxygen atoms in total. The molecule has 1 saturated carbocycles. The Morgan fingerprint density at radius 2 is 2.24 bits per heavy atom. The van der Waals surface area contributed by atoms with Gasteiger partial charge in [-0.05, 0) is 48.9 Å². The van der Waals surface area contributed by atoms with Gasteiger partial charge in [0.1, 0.15) is 5.75 Å². The van der Waals surface area contributed by atoms with Crippen molar-refractivity contribution in [1.29, 1.82) is 0 Å². The van der Waals surface area contributed by atoms with Crippen LogP contribution in [0.2, 0.25) is 0 Å². The summed E-state index contributed by atoms with van der Waals surface area (Å²) in [4.78, 5) is 0. The van der Waals surface area contributed by atoms with Crippen LogP contribution in [-0.4, -0.2) is 13.2 Å². The molecule has 0 amide bonds. The molecule has 1 aliphatic rings. The van der Waals surface area contributed by atoms with E-state index in [4.69, 9.17) is 4.74 Å². The molecule has 2 rings (SSSR count). The van der Waals surface area contributed by atoms with Gasteiger partial charge in [0.25, 0.3) is 0 Å². The molecule has 0 bridgehead atoms. The topological polar surface area (TPSA) is 21.3 Å². The Bertz CT molecular complexity index is 351. The molecule has 0 spiro atoms. The molecule has 1 fully saturated rings. The zero-order valence-corrected chi connectivity index (χ0v) is 10.9. The largest absolute Gasteiger partial charge is 0.494 e. The van der Waals surface area contributed by atoms with Gasteiger partial charge in [0.05, 0.1) is 6.61 Å². The monoisotopic (exact) mass is 233 g/mol. The van der Waals surface area contributed by atoms with Crippen LogP contribution in [0.3, 0.4) is 0 Å². The van der Waals surface area contributed by atoms with E-state index in [0.29, 0.717) is 0 Å². The summed E-state index contributed by atoms with van der Waals surface area (Å²) in [6.45, 7) is 7.36. The van der Waals surface area contributed by atoms with Crippen molar-refractivity contribution < 1.29 is 4.74 Å². The predicted octanol–water partition coefficient (Wildman–Crippen LogP) is 3.22. The minimum atomic E-state index is 0.802. The number of benzene rings is 1. The van der Waals surface area contributed by atoms with Crippen LogP contribution in [0.4, 0.5) is 0 Å². The Labute approximate surface area is 104 Å². The van der Waals surface area contributed by atoms with Gasteiger partial charge in [-0.1, -0.05) is 26.0 Å². The van der Waals surface area contributed by atoms with E-state index < -0.39 is 0 Å². The van der Waals surface area contributed by atoms with Crippen LogP contribution in [0, 0.1) is 11.8 Å². The first kappa shape index (κ1) is 12.4. The minimum Gasteiger partial charge on any atom is -0.494 e. The van der Waals surface area contributed by atoms with Crippen LogP contribution >= 0.6 is 0 Å². The molecular formula is C15H23NO. The van der Waals surface area contributed by atoms with Gasteiger partial charge in [-0.15, -0.1) is 0 Å². The van der Waals surface area contributed by atoms with E-state index in [0.717, 1.165) is 43.7 Å². The number of hydrogen-bond donors (Lipinski definition) is 1. The molecule has 2 heteroatoms. The zero-order valence-electron chi connectivity index (χ0n) is 10.9. The molecule has 2 atom stereocenters. The van der Waals surface area contributed by atoms with E-state index in [2.05, 4.69) is 37.4 Å². The van der Waals surface area contributed by atoms with Crippen molar-refractivity contribution in [2.75, 3.05) is 13.2 Å². The lowest BCUT2D eigenvalue weighted by atomic mass is 10.2. The molecule has 0 radical (unpaired) electrons. The van der Waals surface area contributed by atoms with Crippen molar-refractivity contribution in [3.8, 4) is 5.75 Å². The summed E-state index contributed by atoms with van der Waals surface area (Å²) >= 11 is 0. The maximum Gasteiger partial charge on any atom is 0.119 e. The second-order valence-corrected chi connectivity index (χ2v) is 5.10. The third kappa shape index (κ3) is 4.04. The van der Waals surface area contributed by atoms with Gasteiger partial charge in [-0.3, -0.25) is 0 Å². The molecule has 2 unspecified atom stereocenters. The molecule has 1 aromatic carbocycles. The zero-order chi connectivity index (χ0) is 12.1. The summed E-state index contributed by atoms with van der Waals surface area (Å²) in [5.41, 5.74) is 1.31. The van der Waals surface area contributed by atoms with Crippen LogP contribution in [0.25, 0.3) is 0 Å². The lowest BCUT2D eigenvalue weighted by molar-refractivity contribution is 0.317. The summed E-state index contributed by atoms with van der Waals surface area (Å²) in [6.07, 6.45) is 2.45. The second-order valence-electron chi connectivity index (χ2n) is 5.10. The highest BCUT2D eigenvalue weighted by Gasteiger charge is 2.31. The van der Waals surface area contributed by atoms with Crippen molar-refractivity contribution in [2.24, 2.45) is 11.8 Å². The van der Waals surface area contributed by atoms with Crippen molar-refractivity contribution in [3.05, 3.63) is 29.8 Å². The highest BCUT2D eigenvalue weighted by atomic mass is 16.5. The molecule has 1 aliphatic carbocycles. The van der Waals surface area contributed by atoms with E-state index in [-0.39, 0.29) is 0 Å². The maximum atomic E-state index is 5.62. The molecule has 0 aromatic heterocycles. The van der Waals surface area contributed by atoms with E-state index in [1.165, 1.54) is 12.0 Å². The van der Waals surface area contributed by atoms with Crippen molar-refractivity contribution in [2.45, 2.75) is 33.2 Å². The van der Waals surface area contributed by atoms with Gasteiger partial charge in [-0.2, -0.15) is 0 Å². The lowest BCUT2D eigenvalue weighted by Gasteiger charge is -2.08. The molecule has 0 saturated heterocycles. The first-order chi connectivity index (χ1) is 8.29. The van der Waals surface area contributed by atoms with E-state index in [1.807, 2.05) is 6.07 Å². The van der Waals surface area contributed by atoms with Gasteiger partial charge >= 0.3 is 0 Å². The van der Waals surface area contributed by atoms with E-state index in [9.17, 15) is 0 Å².